The highest BCUT2D eigenvalue weighted by Crippen LogP contribution is 2.23. The van der Waals surface area contributed by atoms with Gasteiger partial charge in [-0.3, -0.25) is 4.79 Å². The molecule has 1 N–H and O–H groups in total. The third-order valence-corrected chi connectivity index (χ3v) is 3.04. The molecule has 1 aromatic carbocycles. The molecule has 0 aliphatic rings. The Kier molecular flexibility index (Phi) is 4.11. The number of methoxy groups -OCH3 is 1. The Morgan fingerprint density at radius 1 is 1.56 bits per heavy atom. The van der Waals surface area contributed by atoms with E-state index in [2.05, 4.69) is 15.5 Å². The van der Waals surface area contributed by atoms with Gasteiger partial charge in [-0.2, -0.15) is 0 Å². The number of carbonyl (C=O) groups excluding carboxylic acids is 1. The minimum absolute atomic E-state index is 0.170. The van der Waals surface area contributed by atoms with Crippen LogP contribution in [0.3, 0.4) is 0 Å². The second kappa shape index (κ2) is 5.79. The van der Waals surface area contributed by atoms with E-state index in [9.17, 15) is 4.79 Å². The molecule has 18 heavy (non-hydrogen) atoms. The molecule has 0 aliphatic heterocycles. The molecule has 1 amide bonds. The molecule has 0 radical (unpaired) electrons. The monoisotopic (exact) mass is 283 g/mol. The number of halogens is 1. The summed E-state index contributed by atoms with van der Waals surface area (Å²) in [6, 6.07) is 5.16. The van der Waals surface area contributed by atoms with E-state index in [1.807, 2.05) is 0 Å². The van der Waals surface area contributed by atoms with Gasteiger partial charge in [0, 0.05) is 10.6 Å². The zero-order valence-corrected chi connectivity index (χ0v) is 11.1. The predicted octanol–water partition coefficient (Wildman–Crippen LogP) is 2.38. The standard InChI is InChI=1S/C11H10ClN3O2S/c1-17-9-3-2-8(12)4-7(9)5-10(16)14-11-15-13-6-18-11/h2-4,6H,5H2,1H3,(H,14,15,16). The lowest BCUT2D eigenvalue weighted by atomic mass is 10.1. The molecule has 0 fully saturated rings. The van der Waals surface area contributed by atoms with Crippen LogP contribution in [0.15, 0.2) is 23.7 Å². The van der Waals surface area contributed by atoms with Crippen LogP contribution in [0.25, 0.3) is 0 Å². The second-order valence-electron chi connectivity index (χ2n) is 3.43. The number of nitrogens with zero attached hydrogens (tertiary/aromatic N) is 2. The SMILES string of the molecule is COc1ccc(Cl)cc1CC(=O)Nc1nncs1. The van der Waals surface area contributed by atoms with Crippen molar-refractivity contribution in [3.05, 3.63) is 34.3 Å². The number of carbonyl (C=O) groups is 1. The van der Waals surface area contributed by atoms with Crippen LogP contribution in [0.2, 0.25) is 5.02 Å². The maximum atomic E-state index is 11.8. The minimum atomic E-state index is -0.188. The Hall–Kier alpha value is -1.66. The zero-order valence-electron chi connectivity index (χ0n) is 9.51. The summed E-state index contributed by atoms with van der Waals surface area (Å²) in [7, 11) is 1.55. The summed E-state index contributed by atoms with van der Waals surface area (Å²) >= 11 is 7.16. The third kappa shape index (κ3) is 3.18. The maximum absolute atomic E-state index is 11.8. The third-order valence-electron chi connectivity index (χ3n) is 2.20. The first-order valence-electron chi connectivity index (χ1n) is 5.07. The zero-order chi connectivity index (χ0) is 13.0. The van der Waals surface area contributed by atoms with Gasteiger partial charge < -0.3 is 10.1 Å². The second-order valence-corrected chi connectivity index (χ2v) is 4.69. The van der Waals surface area contributed by atoms with E-state index in [0.29, 0.717) is 15.9 Å². The molecule has 0 bridgehead atoms. The molecule has 2 rings (SSSR count). The number of aromatic nitrogens is 2. The normalized spacial score (nSPS) is 10.1. The molecule has 1 aromatic heterocycles. The molecular formula is C11H10ClN3O2S. The highest BCUT2D eigenvalue weighted by atomic mass is 35.5. The van der Waals surface area contributed by atoms with Crippen molar-refractivity contribution in [3.63, 3.8) is 0 Å². The molecule has 0 saturated carbocycles. The van der Waals surface area contributed by atoms with Gasteiger partial charge in [0.1, 0.15) is 11.3 Å². The summed E-state index contributed by atoms with van der Waals surface area (Å²) in [4.78, 5) is 11.8. The van der Waals surface area contributed by atoms with Gasteiger partial charge in [-0.05, 0) is 18.2 Å². The fourth-order valence-corrected chi connectivity index (χ4v) is 2.11. The number of benzene rings is 1. The van der Waals surface area contributed by atoms with Crippen molar-refractivity contribution >= 4 is 34.0 Å². The number of hydrogen-bond donors (Lipinski definition) is 1. The Labute approximate surface area is 113 Å². The first-order chi connectivity index (χ1) is 8.69. The van der Waals surface area contributed by atoms with Crippen molar-refractivity contribution in [1.82, 2.24) is 10.2 Å². The molecule has 7 heteroatoms. The van der Waals surface area contributed by atoms with Crippen molar-refractivity contribution in [2.24, 2.45) is 0 Å². The number of hydrogen-bond acceptors (Lipinski definition) is 5. The van der Waals surface area contributed by atoms with Gasteiger partial charge in [0.2, 0.25) is 11.0 Å². The van der Waals surface area contributed by atoms with Crippen LogP contribution in [-0.4, -0.2) is 23.2 Å². The Morgan fingerprint density at radius 3 is 3.06 bits per heavy atom. The van der Waals surface area contributed by atoms with Crippen LogP contribution < -0.4 is 10.1 Å². The smallest absolute Gasteiger partial charge is 0.230 e. The Bertz CT molecular complexity index is 545. The van der Waals surface area contributed by atoms with E-state index in [1.165, 1.54) is 11.3 Å². The molecule has 0 saturated heterocycles. The van der Waals surface area contributed by atoms with Gasteiger partial charge in [0.25, 0.3) is 0 Å². The average molecular weight is 284 g/mol. The van der Waals surface area contributed by atoms with Crippen LogP contribution in [0.4, 0.5) is 5.13 Å². The van der Waals surface area contributed by atoms with E-state index < -0.39 is 0 Å². The van der Waals surface area contributed by atoms with E-state index in [-0.39, 0.29) is 12.3 Å². The van der Waals surface area contributed by atoms with Crippen molar-refractivity contribution in [3.8, 4) is 5.75 Å². The van der Waals surface area contributed by atoms with Crippen LogP contribution in [0, 0.1) is 0 Å². The van der Waals surface area contributed by atoms with Crippen molar-refractivity contribution in [2.45, 2.75) is 6.42 Å². The molecule has 0 spiro atoms. The molecule has 0 unspecified atom stereocenters. The maximum Gasteiger partial charge on any atom is 0.230 e. The van der Waals surface area contributed by atoms with E-state index in [4.69, 9.17) is 16.3 Å². The summed E-state index contributed by atoms with van der Waals surface area (Å²) in [5.41, 5.74) is 2.28. The molecule has 0 atom stereocenters. The van der Waals surface area contributed by atoms with Gasteiger partial charge in [0.15, 0.2) is 0 Å². The first-order valence-corrected chi connectivity index (χ1v) is 6.33. The summed E-state index contributed by atoms with van der Waals surface area (Å²) in [5.74, 6) is 0.444. The van der Waals surface area contributed by atoms with Crippen LogP contribution in [0.1, 0.15) is 5.56 Å². The minimum Gasteiger partial charge on any atom is -0.496 e. The fourth-order valence-electron chi connectivity index (χ4n) is 1.45. The largest absolute Gasteiger partial charge is 0.496 e. The Morgan fingerprint density at radius 2 is 2.39 bits per heavy atom. The van der Waals surface area contributed by atoms with Crippen molar-refractivity contribution in [1.29, 1.82) is 0 Å². The van der Waals surface area contributed by atoms with Gasteiger partial charge in [-0.25, -0.2) is 0 Å². The lowest BCUT2D eigenvalue weighted by molar-refractivity contribution is -0.115. The number of nitrogens with one attached hydrogen (secondary N) is 1. The van der Waals surface area contributed by atoms with Crippen LogP contribution >= 0.6 is 22.9 Å². The predicted molar refractivity (Wildman–Crippen MR) is 70.2 cm³/mol. The van der Waals surface area contributed by atoms with Crippen LogP contribution in [0.5, 0.6) is 5.75 Å². The van der Waals surface area contributed by atoms with E-state index in [1.54, 1.807) is 30.8 Å². The fraction of sp³-hybridized carbons (Fsp3) is 0.182. The first kappa shape index (κ1) is 12.8. The van der Waals surface area contributed by atoms with Crippen LogP contribution in [-0.2, 0) is 11.2 Å². The Balaban J connectivity index is 2.08. The summed E-state index contributed by atoms with van der Waals surface area (Å²) in [6.07, 6.45) is 0.170. The highest BCUT2D eigenvalue weighted by Gasteiger charge is 2.10. The molecule has 1 heterocycles. The van der Waals surface area contributed by atoms with Gasteiger partial charge in [-0.15, -0.1) is 10.2 Å². The number of anilines is 1. The molecule has 5 nitrogen and oxygen atoms in total. The molecule has 0 aliphatic carbocycles. The number of rotatable bonds is 4. The summed E-state index contributed by atoms with van der Waals surface area (Å²) in [6.45, 7) is 0. The quantitative estimate of drug-likeness (QED) is 0.936. The highest BCUT2D eigenvalue weighted by molar-refractivity contribution is 7.13. The molecule has 2 aromatic rings. The summed E-state index contributed by atoms with van der Waals surface area (Å²) < 4.78 is 5.17. The van der Waals surface area contributed by atoms with Crippen molar-refractivity contribution in [2.75, 3.05) is 12.4 Å². The molecule has 94 valence electrons. The van der Waals surface area contributed by atoms with Gasteiger partial charge in [0.05, 0.1) is 13.5 Å². The van der Waals surface area contributed by atoms with Gasteiger partial charge in [-0.1, -0.05) is 22.9 Å². The number of ether oxygens (including phenoxy) is 1. The van der Waals surface area contributed by atoms with Crippen molar-refractivity contribution < 1.29 is 9.53 Å². The van der Waals surface area contributed by atoms with E-state index >= 15 is 0 Å². The summed E-state index contributed by atoms with van der Waals surface area (Å²) in [5, 5.41) is 11.1. The van der Waals surface area contributed by atoms with E-state index in [0.717, 1.165) is 5.56 Å². The lowest BCUT2D eigenvalue weighted by Crippen LogP contribution is -2.14. The molecular weight excluding hydrogens is 274 g/mol. The lowest BCUT2D eigenvalue weighted by Gasteiger charge is -2.08. The van der Waals surface area contributed by atoms with Gasteiger partial charge >= 0.3 is 0 Å². The topological polar surface area (TPSA) is 64.1 Å². The number of amides is 1. The average Bonchev–Trinajstić information content (AvgIpc) is 2.82.